The van der Waals surface area contributed by atoms with Gasteiger partial charge in [-0.1, -0.05) is 18.7 Å². The highest BCUT2D eigenvalue weighted by atomic mass is 32.2. The lowest BCUT2D eigenvalue weighted by molar-refractivity contribution is -0.133. The first kappa shape index (κ1) is 14.6. The van der Waals surface area contributed by atoms with Crippen LogP contribution in [-0.2, 0) is 17.8 Å². The number of nitrogens with zero attached hydrogens (tertiary/aromatic N) is 4. The fourth-order valence-electron chi connectivity index (χ4n) is 1.73. The van der Waals surface area contributed by atoms with Crippen molar-refractivity contribution in [2.24, 2.45) is 0 Å². The summed E-state index contributed by atoms with van der Waals surface area (Å²) in [6, 6.07) is 0. The molecule has 0 aliphatic heterocycles. The molecule has 0 saturated carbocycles. The number of aromatic nitrogens is 4. The summed E-state index contributed by atoms with van der Waals surface area (Å²) in [5.41, 5.74) is 0. The molecule has 0 spiro atoms. The summed E-state index contributed by atoms with van der Waals surface area (Å²) < 4.78 is 7.32. The maximum absolute atomic E-state index is 10.7. The number of oxazole rings is 1. The molecule has 2 heterocycles. The van der Waals surface area contributed by atoms with Crippen LogP contribution >= 0.6 is 11.8 Å². The van der Waals surface area contributed by atoms with Crippen LogP contribution in [-0.4, -0.2) is 36.6 Å². The molecule has 108 valence electrons. The zero-order valence-electron chi connectivity index (χ0n) is 11.4. The Morgan fingerprint density at radius 2 is 2.30 bits per heavy atom. The number of carbonyl (C=O) groups is 1. The van der Waals surface area contributed by atoms with Crippen LogP contribution in [0.15, 0.2) is 15.8 Å². The van der Waals surface area contributed by atoms with Gasteiger partial charge in [-0.05, 0) is 13.3 Å². The molecule has 0 atom stereocenters. The summed E-state index contributed by atoms with van der Waals surface area (Å²) in [7, 11) is 0. The Bertz CT molecular complexity index is 593. The smallest absolute Gasteiger partial charge is 0.313 e. The number of aliphatic carboxylic acids is 1. The van der Waals surface area contributed by atoms with Gasteiger partial charge in [-0.3, -0.25) is 9.36 Å². The molecule has 0 bridgehead atoms. The Hall–Kier alpha value is -1.83. The molecule has 2 aromatic rings. The molecule has 0 amide bonds. The standard InChI is InChI=1S/C12H16N4O3S/c1-3-4-9-14-15-12(20-7-11(17)18)16(9)6-10-13-5-8(2)19-10/h5H,3-4,6-7H2,1-2H3,(H,17,18). The molecule has 2 aromatic heterocycles. The van der Waals surface area contributed by atoms with E-state index < -0.39 is 5.97 Å². The van der Waals surface area contributed by atoms with Gasteiger partial charge in [0.15, 0.2) is 5.16 Å². The quantitative estimate of drug-likeness (QED) is 0.778. The normalized spacial score (nSPS) is 10.9. The summed E-state index contributed by atoms with van der Waals surface area (Å²) in [5.74, 6) is 1.20. The van der Waals surface area contributed by atoms with E-state index in [-0.39, 0.29) is 5.75 Å². The summed E-state index contributed by atoms with van der Waals surface area (Å²) in [6.07, 6.45) is 3.37. The molecule has 0 unspecified atom stereocenters. The SMILES string of the molecule is CCCc1nnc(SCC(=O)O)n1Cc1ncc(C)o1. The van der Waals surface area contributed by atoms with Gasteiger partial charge in [0.05, 0.1) is 11.9 Å². The number of hydrogen-bond acceptors (Lipinski definition) is 6. The van der Waals surface area contributed by atoms with Gasteiger partial charge in [0.1, 0.15) is 18.1 Å². The molecule has 0 saturated heterocycles. The maximum Gasteiger partial charge on any atom is 0.313 e. The molecule has 20 heavy (non-hydrogen) atoms. The Morgan fingerprint density at radius 1 is 1.50 bits per heavy atom. The van der Waals surface area contributed by atoms with E-state index in [1.165, 1.54) is 0 Å². The van der Waals surface area contributed by atoms with Crippen LogP contribution in [0, 0.1) is 6.92 Å². The molecule has 1 N–H and O–H groups in total. The molecule has 2 rings (SSSR count). The van der Waals surface area contributed by atoms with E-state index in [2.05, 4.69) is 22.1 Å². The van der Waals surface area contributed by atoms with Crippen molar-refractivity contribution in [3.63, 3.8) is 0 Å². The average molecular weight is 296 g/mol. The second-order valence-corrected chi connectivity index (χ2v) is 5.22. The van der Waals surface area contributed by atoms with Crippen LogP contribution in [0.5, 0.6) is 0 Å². The van der Waals surface area contributed by atoms with E-state index in [4.69, 9.17) is 9.52 Å². The lowest BCUT2D eigenvalue weighted by Gasteiger charge is -2.06. The van der Waals surface area contributed by atoms with Crippen molar-refractivity contribution >= 4 is 17.7 Å². The summed E-state index contributed by atoms with van der Waals surface area (Å²) in [4.78, 5) is 14.8. The Labute approximate surface area is 120 Å². The van der Waals surface area contributed by atoms with Crippen LogP contribution in [0.2, 0.25) is 0 Å². The summed E-state index contributed by atoms with van der Waals surface area (Å²) >= 11 is 1.15. The molecule has 0 radical (unpaired) electrons. The number of thioether (sulfide) groups is 1. The minimum absolute atomic E-state index is 0.0468. The highest BCUT2D eigenvalue weighted by Gasteiger charge is 2.15. The average Bonchev–Trinajstić information content (AvgIpc) is 2.96. The van der Waals surface area contributed by atoms with Gasteiger partial charge in [-0.2, -0.15) is 0 Å². The highest BCUT2D eigenvalue weighted by molar-refractivity contribution is 7.99. The van der Waals surface area contributed by atoms with Gasteiger partial charge in [-0.25, -0.2) is 4.98 Å². The van der Waals surface area contributed by atoms with E-state index in [0.717, 1.165) is 36.2 Å². The van der Waals surface area contributed by atoms with Gasteiger partial charge in [0.2, 0.25) is 5.89 Å². The molecule has 0 fully saturated rings. The van der Waals surface area contributed by atoms with E-state index in [0.29, 0.717) is 17.6 Å². The second-order valence-electron chi connectivity index (χ2n) is 4.28. The molecular formula is C12H16N4O3S. The van der Waals surface area contributed by atoms with Gasteiger partial charge >= 0.3 is 5.97 Å². The minimum Gasteiger partial charge on any atom is -0.481 e. The van der Waals surface area contributed by atoms with Crippen molar-refractivity contribution in [3.05, 3.63) is 23.7 Å². The number of carboxylic acids is 1. The van der Waals surface area contributed by atoms with Crippen LogP contribution in [0.4, 0.5) is 0 Å². The van der Waals surface area contributed by atoms with Gasteiger partial charge in [-0.15, -0.1) is 10.2 Å². The van der Waals surface area contributed by atoms with Crippen LogP contribution in [0.3, 0.4) is 0 Å². The number of aryl methyl sites for hydroxylation is 2. The zero-order valence-corrected chi connectivity index (χ0v) is 12.2. The van der Waals surface area contributed by atoms with Gasteiger partial charge in [0, 0.05) is 6.42 Å². The minimum atomic E-state index is -0.881. The van der Waals surface area contributed by atoms with Crippen molar-refractivity contribution in [1.82, 2.24) is 19.7 Å². The van der Waals surface area contributed by atoms with Gasteiger partial charge < -0.3 is 9.52 Å². The lowest BCUT2D eigenvalue weighted by atomic mass is 10.3. The Morgan fingerprint density at radius 3 is 2.90 bits per heavy atom. The predicted octanol–water partition coefficient (Wildman–Crippen LogP) is 1.75. The van der Waals surface area contributed by atoms with Crippen LogP contribution in [0.1, 0.15) is 30.8 Å². The number of hydrogen-bond donors (Lipinski definition) is 1. The molecular weight excluding hydrogens is 280 g/mol. The summed E-state index contributed by atoms with van der Waals surface area (Å²) in [6.45, 7) is 4.30. The zero-order chi connectivity index (χ0) is 14.5. The first-order valence-electron chi connectivity index (χ1n) is 6.28. The van der Waals surface area contributed by atoms with Crippen molar-refractivity contribution in [3.8, 4) is 0 Å². The molecule has 0 aromatic carbocycles. The van der Waals surface area contributed by atoms with E-state index in [1.54, 1.807) is 6.20 Å². The Kier molecular flexibility index (Phi) is 4.78. The van der Waals surface area contributed by atoms with Crippen LogP contribution < -0.4 is 0 Å². The predicted molar refractivity (Wildman–Crippen MR) is 72.7 cm³/mol. The third-order valence-electron chi connectivity index (χ3n) is 2.55. The van der Waals surface area contributed by atoms with Crippen LogP contribution in [0.25, 0.3) is 0 Å². The van der Waals surface area contributed by atoms with Gasteiger partial charge in [0.25, 0.3) is 0 Å². The molecule has 0 aliphatic carbocycles. The monoisotopic (exact) mass is 296 g/mol. The Balaban J connectivity index is 2.21. The van der Waals surface area contributed by atoms with Crippen molar-refractivity contribution in [2.75, 3.05) is 5.75 Å². The fraction of sp³-hybridized carbons (Fsp3) is 0.500. The maximum atomic E-state index is 10.7. The summed E-state index contributed by atoms with van der Waals surface area (Å²) in [5, 5.41) is 17.5. The molecule has 8 heteroatoms. The number of rotatable bonds is 7. The lowest BCUT2D eigenvalue weighted by Crippen LogP contribution is -2.08. The highest BCUT2D eigenvalue weighted by Crippen LogP contribution is 2.19. The van der Waals surface area contributed by atoms with E-state index in [1.807, 2.05) is 11.5 Å². The molecule has 0 aliphatic rings. The third-order valence-corrected chi connectivity index (χ3v) is 3.51. The largest absolute Gasteiger partial charge is 0.481 e. The fourth-order valence-corrected chi connectivity index (χ4v) is 2.41. The van der Waals surface area contributed by atoms with E-state index >= 15 is 0 Å². The number of carboxylic acid groups (broad SMARTS) is 1. The molecule has 7 nitrogen and oxygen atoms in total. The third kappa shape index (κ3) is 3.60. The van der Waals surface area contributed by atoms with Crippen molar-refractivity contribution in [1.29, 1.82) is 0 Å². The first-order chi connectivity index (χ1) is 9.60. The second kappa shape index (κ2) is 6.56. The topological polar surface area (TPSA) is 94.0 Å². The first-order valence-corrected chi connectivity index (χ1v) is 7.26. The van der Waals surface area contributed by atoms with Crippen molar-refractivity contribution in [2.45, 2.75) is 38.4 Å². The van der Waals surface area contributed by atoms with E-state index in [9.17, 15) is 4.79 Å². The van der Waals surface area contributed by atoms with Crippen molar-refractivity contribution < 1.29 is 14.3 Å².